The van der Waals surface area contributed by atoms with E-state index in [0.29, 0.717) is 23.4 Å². The normalized spacial score (nSPS) is 18.1. The third-order valence-electron chi connectivity index (χ3n) is 7.64. The second-order valence-corrected chi connectivity index (χ2v) is 12.1. The van der Waals surface area contributed by atoms with Gasteiger partial charge in [0.15, 0.2) is 6.29 Å². The van der Waals surface area contributed by atoms with Gasteiger partial charge >= 0.3 is 18.0 Å². The molecule has 10 nitrogen and oxygen atoms in total. The van der Waals surface area contributed by atoms with Crippen LogP contribution in [-0.2, 0) is 32.0 Å². The van der Waals surface area contributed by atoms with Crippen molar-refractivity contribution in [1.29, 1.82) is 0 Å². The van der Waals surface area contributed by atoms with Gasteiger partial charge < -0.3 is 35.1 Å². The Kier molecular flexibility index (Phi) is 11.6. The summed E-state index contributed by atoms with van der Waals surface area (Å²) in [5.41, 5.74) is 4.01. The van der Waals surface area contributed by atoms with E-state index in [1.807, 2.05) is 60.7 Å². The summed E-state index contributed by atoms with van der Waals surface area (Å²) in [7, 11) is 1.28. The zero-order valence-electron chi connectivity index (χ0n) is 25.7. The first-order valence-corrected chi connectivity index (χ1v) is 16.1. The molecule has 0 unspecified atom stereocenters. The van der Waals surface area contributed by atoms with Crippen molar-refractivity contribution in [2.24, 2.45) is 0 Å². The summed E-state index contributed by atoms with van der Waals surface area (Å²) in [5, 5.41) is 24.2. The minimum absolute atomic E-state index is 0.0581. The third kappa shape index (κ3) is 9.43. The third-order valence-corrected chi connectivity index (χ3v) is 8.79. The number of esters is 1. The molecule has 1 heterocycles. The Morgan fingerprint density at radius 1 is 0.894 bits per heavy atom. The number of thioether (sulfide) groups is 1. The van der Waals surface area contributed by atoms with Crippen LogP contribution in [0.4, 0.5) is 10.5 Å². The molecule has 47 heavy (non-hydrogen) atoms. The van der Waals surface area contributed by atoms with Gasteiger partial charge in [0.1, 0.15) is 6.04 Å². The molecule has 0 spiro atoms. The highest BCUT2D eigenvalue weighted by atomic mass is 32.2. The molecular formula is C36H36N2O8S. The molecule has 0 aromatic heterocycles. The number of carbonyl (C=O) groups is 3. The Morgan fingerprint density at radius 2 is 1.64 bits per heavy atom. The topological polar surface area (TPSA) is 143 Å². The van der Waals surface area contributed by atoms with Crippen LogP contribution in [0.5, 0.6) is 0 Å². The molecule has 0 saturated carbocycles. The Hall–Kier alpha value is -4.68. The van der Waals surface area contributed by atoms with Crippen LogP contribution >= 0.6 is 11.8 Å². The summed E-state index contributed by atoms with van der Waals surface area (Å²) in [6, 6.07) is 29.3. The molecule has 1 aliphatic rings. The maximum absolute atomic E-state index is 13.0. The van der Waals surface area contributed by atoms with Gasteiger partial charge in [-0.3, -0.25) is 0 Å². The molecule has 2 amide bonds. The highest BCUT2D eigenvalue weighted by molar-refractivity contribution is 7.99. The number of nitrogens with one attached hydrogen (secondary N) is 2. The lowest BCUT2D eigenvalue weighted by Crippen LogP contribution is -2.45. The minimum Gasteiger partial charge on any atom is -0.478 e. The number of aromatic carboxylic acids is 1. The predicted molar refractivity (Wildman–Crippen MR) is 177 cm³/mol. The van der Waals surface area contributed by atoms with Crippen LogP contribution in [0.25, 0.3) is 0 Å². The second-order valence-electron chi connectivity index (χ2n) is 11.0. The van der Waals surface area contributed by atoms with E-state index in [-0.39, 0.29) is 30.8 Å². The molecule has 1 aliphatic heterocycles. The van der Waals surface area contributed by atoms with E-state index in [9.17, 15) is 24.6 Å². The van der Waals surface area contributed by atoms with Crippen molar-refractivity contribution < 1.29 is 38.8 Å². The summed E-state index contributed by atoms with van der Waals surface area (Å²) in [4.78, 5) is 37.6. The van der Waals surface area contributed by atoms with Gasteiger partial charge in [0.2, 0.25) is 0 Å². The molecule has 244 valence electrons. The van der Waals surface area contributed by atoms with Crippen molar-refractivity contribution in [3.8, 4) is 0 Å². The fraction of sp³-hybridized carbons (Fsp3) is 0.250. The zero-order chi connectivity index (χ0) is 33.2. The highest BCUT2D eigenvalue weighted by Crippen LogP contribution is 2.40. The largest absolute Gasteiger partial charge is 0.478 e. The molecule has 0 radical (unpaired) electrons. The number of urea groups is 1. The van der Waals surface area contributed by atoms with E-state index in [1.165, 1.54) is 7.11 Å². The first-order valence-electron chi connectivity index (χ1n) is 15.1. The maximum atomic E-state index is 13.0. The average molecular weight is 657 g/mol. The lowest BCUT2D eigenvalue weighted by molar-refractivity contribution is -0.245. The number of benzene rings is 4. The lowest BCUT2D eigenvalue weighted by Gasteiger charge is -2.36. The Balaban J connectivity index is 1.29. The minimum atomic E-state index is -0.975. The number of ether oxygens (including phenoxy) is 3. The molecule has 4 N–H and O–H groups in total. The number of aliphatic hydroxyl groups is 1. The van der Waals surface area contributed by atoms with Gasteiger partial charge in [-0.1, -0.05) is 66.7 Å². The first-order chi connectivity index (χ1) is 22.8. The second kappa shape index (κ2) is 16.2. The number of carbonyl (C=O) groups excluding carboxylic acids is 2. The van der Waals surface area contributed by atoms with E-state index in [2.05, 4.69) is 10.6 Å². The fourth-order valence-corrected chi connectivity index (χ4v) is 6.10. The molecule has 1 fully saturated rings. The predicted octanol–water partition coefficient (Wildman–Crippen LogP) is 6.12. The number of aliphatic hydroxyl groups excluding tert-OH is 1. The van der Waals surface area contributed by atoms with Crippen LogP contribution in [0.2, 0.25) is 0 Å². The van der Waals surface area contributed by atoms with Gasteiger partial charge in [-0.15, -0.1) is 11.8 Å². The molecule has 0 aliphatic carbocycles. The van der Waals surface area contributed by atoms with Gasteiger partial charge in [-0.2, -0.15) is 0 Å². The Morgan fingerprint density at radius 3 is 2.32 bits per heavy atom. The van der Waals surface area contributed by atoms with Crippen molar-refractivity contribution >= 4 is 35.4 Å². The molecule has 11 heteroatoms. The van der Waals surface area contributed by atoms with E-state index in [0.717, 1.165) is 21.6 Å². The van der Waals surface area contributed by atoms with E-state index in [1.54, 1.807) is 54.2 Å². The number of anilines is 1. The van der Waals surface area contributed by atoms with Gasteiger partial charge in [-0.25, -0.2) is 14.4 Å². The number of hydrogen-bond acceptors (Lipinski definition) is 8. The standard InChI is InChI=1S/C36H36N2O8S/c1-44-34(42)31(18-23-6-3-2-4-7-23)38-36(43)37-28-9-5-8-27(19-28)35-45-29(22-47-30-16-14-26(15-17-30)33(40)41)20-32(46-35)25-12-10-24(21-39)11-13-25/h2-17,19,29,31-32,35,39H,18,20-22H2,1H3,(H,40,41)(H2,37,38,43)/t29-,31+,32+,35+/m1/s1. The van der Waals surface area contributed by atoms with E-state index >= 15 is 0 Å². The van der Waals surface area contributed by atoms with Crippen LogP contribution in [0.3, 0.4) is 0 Å². The Labute approximate surface area is 277 Å². The first kappa shape index (κ1) is 33.7. The zero-order valence-corrected chi connectivity index (χ0v) is 26.5. The van der Waals surface area contributed by atoms with E-state index in [4.69, 9.17) is 14.2 Å². The summed E-state index contributed by atoms with van der Waals surface area (Å²) < 4.78 is 17.8. The van der Waals surface area contributed by atoms with Crippen molar-refractivity contribution in [2.75, 3.05) is 18.2 Å². The number of methoxy groups -OCH3 is 1. The molecule has 4 atom stereocenters. The van der Waals surface area contributed by atoms with Crippen LogP contribution in [0.1, 0.15) is 51.4 Å². The monoisotopic (exact) mass is 656 g/mol. The number of carboxylic acid groups (broad SMARTS) is 1. The molecule has 1 saturated heterocycles. The van der Waals surface area contributed by atoms with Crippen molar-refractivity contribution in [3.63, 3.8) is 0 Å². The maximum Gasteiger partial charge on any atom is 0.335 e. The summed E-state index contributed by atoms with van der Waals surface area (Å²) in [6.45, 7) is -0.0581. The Bertz CT molecular complexity index is 1650. The van der Waals surface area contributed by atoms with Crippen LogP contribution < -0.4 is 10.6 Å². The van der Waals surface area contributed by atoms with Gasteiger partial charge in [0, 0.05) is 34.7 Å². The quantitative estimate of drug-likeness (QED) is 0.105. The van der Waals surface area contributed by atoms with Crippen molar-refractivity contribution in [3.05, 3.63) is 131 Å². The molecule has 4 aromatic rings. The van der Waals surface area contributed by atoms with Gasteiger partial charge in [0.25, 0.3) is 0 Å². The van der Waals surface area contributed by atoms with Crippen molar-refractivity contribution in [2.45, 2.75) is 48.9 Å². The highest BCUT2D eigenvalue weighted by Gasteiger charge is 2.32. The number of carboxylic acids is 1. The van der Waals surface area contributed by atoms with Crippen LogP contribution in [0.15, 0.2) is 108 Å². The van der Waals surface area contributed by atoms with Gasteiger partial charge in [0.05, 0.1) is 31.5 Å². The number of hydrogen-bond donors (Lipinski definition) is 4. The smallest absolute Gasteiger partial charge is 0.335 e. The summed E-state index contributed by atoms with van der Waals surface area (Å²) in [5.74, 6) is -0.938. The summed E-state index contributed by atoms with van der Waals surface area (Å²) in [6.07, 6.45) is -0.434. The van der Waals surface area contributed by atoms with Crippen LogP contribution in [0, 0.1) is 0 Å². The van der Waals surface area contributed by atoms with Crippen molar-refractivity contribution in [1.82, 2.24) is 5.32 Å². The number of rotatable bonds is 12. The molecule has 5 rings (SSSR count). The summed E-state index contributed by atoms with van der Waals surface area (Å²) >= 11 is 1.56. The van der Waals surface area contributed by atoms with Crippen LogP contribution in [-0.4, -0.2) is 53.2 Å². The lowest BCUT2D eigenvalue weighted by atomic mass is 10.0. The average Bonchev–Trinajstić information content (AvgIpc) is 3.10. The molecular weight excluding hydrogens is 620 g/mol. The SMILES string of the molecule is COC(=O)[C@H](Cc1ccccc1)NC(=O)Nc1cccc([C@H]2O[C@@H](CSc3ccc(C(=O)O)cc3)C[C@@H](c3ccc(CO)cc3)O2)c1. The molecule has 4 aromatic carbocycles. The van der Waals surface area contributed by atoms with Gasteiger partial charge in [-0.05, 0) is 53.1 Å². The fourth-order valence-electron chi connectivity index (χ4n) is 5.18. The van der Waals surface area contributed by atoms with E-state index < -0.39 is 30.3 Å². The molecule has 0 bridgehead atoms. The number of amides is 2.